The van der Waals surface area contributed by atoms with Gasteiger partial charge in [-0.05, 0) is 23.8 Å². The van der Waals surface area contributed by atoms with Crippen LogP contribution in [0.25, 0.3) is 21.8 Å². The van der Waals surface area contributed by atoms with E-state index in [0.717, 1.165) is 16.5 Å². The van der Waals surface area contributed by atoms with Crippen LogP contribution in [0.15, 0.2) is 59.5 Å². The zero-order chi connectivity index (χ0) is 20.1. The summed E-state index contributed by atoms with van der Waals surface area (Å²) in [4.78, 5) is 47.5. The number of aromatic nitrogens is 3. The number of nitrogens with zero attached hydrogens (tertiary/aromatic N) is 3. The van der Waals surface area contributed by atoms with Gasteiger partial charge in [-0.25, -0.2) is 4.98 Å². The highest BCUT2D eigenvalue weighted by atomic mass is 16.2. The zero-order valence-electron chi connectivity index (χ0n) is 15.8. The molecule has 7 nitrogen and oxygen atoms in total. The van der Waals surface area contributed by atoms with Crippen LogP contribution in [0.3, 0.4) is 0 Å². The summed E-state index contributed by atoms with van der Waals surface area (Å²) in [6.07, 6.45) is 2.14. The van der Waals surface area contributed by atoms with E-state index < -0.39 is 6.04 Å². The Hall–Kier alpha value is -3.74. The lowest BCUT2D eigenvalue weighted by atomic mass is 10.0. The maximum atomic E-state index is 13.3. The van der Waals surface area contributed by atoms with Gasteiger partial charge < -0.3 is 4.98 Å². The second kappa shape index (κ2) is 6.41. The molecule has 0 saturated carbocycles. The number of carbonyl (C=O) groups excluding carboxylic acids is 2. The number of nitrogens with one attached hydrogen (secondary N) is 1. The zero-order valence-corrected chi connectivity index (χ0v) is 15.8. The van der Waals surface area contributed by atoms with Crippen LogP contribution in [0.4, 0.5) is 0 Å². The molecule has 1 aliphatic rings. The first kappa shape index (κ1) is 17.4. The predicted octanol–water partition coefficient (Wildman–Crippen LogP) is 2.55. The Bertz CT molecular complexity index is 1350. The maximum Gasteiger partial charge on any atom is 0.262 e. The van der Waals surface area contributed by atoms with Crippen LogP contribution in [0.5, 0.6) is 0 Å². The fourth-order valence-electron chi connectivity index (χ4n) is 4.09. The molecular weight excluding hydrogens is 368 g/mol. The first-order valence-electron chi connectivity index (χ1n) is 9.41. The summed E-state index contributed by atoms with van der Waals surface area (Å²) in [5.41, 5.74) is 2.17. The lowest BCUT2D eigenvalue weighted by molar-refractivity contribution is -0.148. The molecule has 5 rings (SSSR count). The van der Waals surface area contributed by atoms with Gasteiger partial charge in [-0.1, -0.05) is 30.3 Å². The molecule has 3 heterocycles. The van der Waals surface area contributed by atoms with Crippen molar-refractivity contribution in [3.63, 3.8) is 0 Å². The molecule has 0 fully saturated rings. The van der Waals surface area contributed by atoms with Gasteiger partial charge in [0.1, 0.15) is 11.9 Å². The smallest absolute Gasteiger partial charge is 0.262 e. The Morgan fingerprint density at radius 2 is 1.83 bits per heavy atom. The summed E-state index contributed by atoms with van der Waals surface area (Å²) in [7, 11) is 0. The summed E-state index contributed by atoms with van der Waals surface area (Å²) in [6, 6.07) is 14.0. The molecule has 2 amide bonds. The standard InChI is InChI=1S/C22H18N4O3/c1-13(27)25-12-20-24-18-9-5-3-7-16(18)21(28)26(20)19(22(25)29)10-14-11-23-17-8-4-2-6-15(14)17/h2-9,11,19,23H,10,12H2,1H3/t19-/m1/s1. The van der Waals surface area contributed by atoms with E-state index in [1.807, 2.05) is 36.5 Å². The fraction of sp³-hybridized carbons (Fsp3) is 0.182. The van der Waals surface area contributed by atoms with E-state index in [1.54, 1.807) is 18.2 Å². The maximum absolute atomic E-state index is 13.3. The molecule has 0 radical (unpaired) electrons. The topological polar surface area (TPSA) is 88.1 Å². The molecule has 0 bridgehead atoms. The number of hydrogen-bond donors (Lipinski definition) is 1. The summed E-state index contributed by atoms with van der Waals surface area (Å²) >= 11 is 0. The third-order valence-corrected chi connectivity index (χ3v) is 5.51. The van der Waals surface area contributed by atoms with E-state index >= 15 is 0 Å². The van der Waals surface area contributed by atoms with Crippen LogP contribution in [0.1, 0.15) is 24.4 Å². The van der Waals surface area contributed by atoms with Crippen LogP contribution in [0.2, 0.25) is 0 Å². The van der Waals surface area contributed by atoms with Crippen LogP contribution in [-0.2, 0) is 22.6 Å². The van der Waals surface area contributed by atoms with Gasteiger partial charge in [-0.2, -0.15) is 0 Å². The first-order chi connectivity index (χ1) is 14.0. The van der Waals surface area contributed by atoms with Crippen LogP contribution in [0, 0.1) is 0 Å². The van der Waals surface area contributed by atoms with Gasteiger partial charge in [0, 0.05) is 30.4 Å². The van der Waals surface area contributed by atoms with E-state index in [-0.39, 0.29) is 23.9 Å². The van der Waals surface area contributed by atoms with Crippen molar-refractivity contribution in [3.05, 3.63) is 76.5 Å². The summed E-state index contributed by atoms with van der Waals surface area (Å²) < 4.78 is 1.46. The number of imide groups is 1. The Morgan fingerprint density at radius 3 is 2.62 bits per heavy atom. The second-order valence-corrected chi connectivity index (χ2v) is 7.24. The van der Waals surface area contributed by atoms with Gasteiger partial charge in [-0.3, -0.25) is 23.9 Å². The summed E-state index contributed by atoms with van der Waals surface area (Å²) in [5, 5.41) is 1.45. The van der Waals surface area contributed by atoms with Crippen molar-refractivity contribution < 1.29 is 9.59 Å². The van der Waals surface area contributed by atoms with Gasteiger partial charge in [0.25, 0.3) is 11.5 Å². The van der Waals surface area contributed by atoms with Crippen molar-refractivity contribution in [2.45, 2.75) is 25.9 Å². The Labute approximate surface area is 165 Å². The van der Waals surface area contributed by atoms with Crippen molar-refractivity contribution in [3.8, 4) is 0 Å². The highest BCUT2D eigenvalue weighted by molar-refractivity contribution is 5.97. The number of hydrogen-bond acceptors (Lipinski definition) is 4. The van der Waals surface area contributed by atoms with Gasteiger partial charge in [0.15, 0.2) is 0 Å². The van der Waals surface area contributed by atoms with Gasteiger partial charge in [0.2, 0.25) is 5.91 Å². The quantitative estimate of drug-likeness (QED) is 0.573. The van der Waals surface area contributed by atoms with E-state index in [0.29, 0.717) is 23.1 Å². The Kier molecular flexibility index (Phi) is 3.84. The molecule has 0 saturated heterocycles. The van der Waals surface area contributed by atoms with Crippen molar-refractivity contribution in [2.75, 3.05) is 0 Å². The van der Waals surface area contributed by atoms with Crippen LogP contribution < -0.4 is 5.56 Å². The van der Waals surface area contributed by atoms with E-state index in [4.69, 9.17) is 0 Å². The van der Waals surface area contributed by atoms with E-state index in [1.165, 1.54) is 16.4 Å². The van der Waals surface area contributed by atoms with Gasteiger partial charge in [-0.15, -0.1) is 0 Å². The lowest BCUT2D eigenvalue weighted by Gasteiger charge is -2.33. The molecule has 7 heteroatoms. The lowest BCUT2D eigenvalue weighted by Crippen LogP contribution is -2.49. The van der Waals surface area contributed by atoms with Crippen molar-refractivity contribution in [2.24, 2.45) is 0 Å². The molecule has 2 aromatic carbocycles. The number of aromatic amines is 1. The molecule has 0 aliphatic carbocycles. The molecule has 0 spiro atoms. The molecule has 4 aromatic rings. The second-order valence-electron chi connectivity index (χ2n) is 7.24. The Morgan fingerprint density at radius 1 is 1.10 bits per heavy atom. The molecule has 1 N–H and O–H groups in total. The average Bonchev–Trinajstić information content (AvgIpc) is 3.13. The number of benzene rings is 2. The molecule has 29 heavy (non-hydrogen) atoms. The number of rotatable bonds is 2. The number of fused-ring (bicyclic) bond motifs is 3. The molecule has 2 aromatic heterocycles. The predicted molar refractivity (Wildman–Crippen MR) is 108 cm³/mol. The average molecular weight is 386 g/mol. The number of para-hydroxylation sites is 2. The first-order valence-corrected chi connectivity index (χ1v) is 9.41. The monoisotopic (exact) mass is 386 g/mol. The summed E-state index contributed by atoms with van der Waals surface area (Å²) in [6.45, 7) is 1.36. The molecule has 0 unspecified atom stereocenters. The van der Waals surface area contributed by atoms with E-state index in [2.05, 4.69) is 9.97 Å². The van der Waals surface area contributed by atoms with Gasteiger partial charge >= 0.3 is 0 Å². The summed E-state index contributed by atoms with van der Waals surface area (Å²) in [5.74, 6) is -0.310. The Balaban J connectivity index is 1.71. The van der Waals surface area contributed by atoms with Crippen molar-refractivity contribution in [1.29, 1.82) is 0 Å². The molecular formula is C22H18N4O3. The molecule has 144 valence electrons. The number of H-pyrrole nitrogens is 1. The fourth-order valence-corrected chi connectivity index (χ4v) is 4.09. The highest BCUT2D eigenvalue weighted by Gasteiger charge is 2.37. The minimum atomic E-state index is -0.827. The largest absolute Gasteiger partial charge is 0.361 e. The third kappa shape index (κ3) is 2.66. The number of carbonyl (C=O) groups is 2. The minimum Gasteiger partial charge on any atom is -0.361 e. The van der Waals surface area contributed by atoms with Crippen molar-refractivity contribution >= 4 is 33.6 Å². The SMILES string of the molecule is CC(=O)N1Cc2nc3ccccc3c(=O)n2[C@H](Cc2c[nH]c3ccccc23)C1=O. The van der Waals surface area contributed by atoms with Crippen molar-refractivity contribution in [1.82, 2.24) is 19.4 Å². The normalized spacial score (nSPS) is 16.4. The van der Waals surface area contributed by atoms with E-state index in [9.17, 15) is 14.4 Å². The van der Waals surface area contributed by atoms with Crippen LogP contribution >= 0.6 is 0 Å². The van der Waals surface area contributed by atoms with Crippen LogP contribution in [-0.4, -0.2) is 31.2 Å². The molecule has 1 atom stereocenters. The molecule has 1 aliphatic heterocycles. The minimum absolute atomic E-state index is 0.00136. The van der Waals surface area contributed by atoms with Gasteiger partial charge in [0.05, 0.1) is 17.4 Å². The third-order valence-electron chi connectivity index (χ3n) is 5.51. The number of amides is 2. The highest BCUT2D eigenvalue weighted by Crippen LogP contribution is 2.28.